The van der Waals surface area contributed by atoms with E-state index in [0.717, 1.165) is 0 Å². The molecule has 0 aliphatic rings. The van der Waals surface area contributed by atoms with Crippen molar-refractivity contribution in [1.82, 2.24) is 0 Å². The predicted octanol–water partition coefficient (Wildman–Crippen LogP) is 1.46. The molecular weight excluding hydrogens is 192 g/mol. The van der Waals surface area contributed by atoms with Gasteiger partial charge in [0.1, 0.15) is 5.60 Å². The fraction of sp³-hybridized carbons (Fsp3) is 0.364. The number of carbonyl (C=O) groups excluding carboxylic acids is 1. The molecule has 0 unspecified atom stereocenters. The Bertz CT molecular complexity index is 291. The Kier molecular flexibility index (Phi) is 5.59. The fourth-order valence-electron chi connectivity index (χ4n) is 0.911. The highest BCUT2D eigenvalue weighted by molar-refractivity contribution is 5.89. The summed E-state index contributed by atoms with van der Waals surface area (Å²) in [6.07, 6.45) is 0. The summed E-state index contributed by atoms with van der Waals surface area (Å²) in [7, 11) is 0. The molecule has 4 heteroatoms. The zero-order valence-electron chi connectivity index (χ0n) is 9.36. The Morgan fingerprint density at radius 1 is 1.13 bits per heavy atom. The summed E-state index contributed by atoms with van der Waals surface area (Å²) in [4.78, 5) is 11.4. The minimum atomic E-state index is -0.424. The van der Waals surface area contributed by atoms with Gasteiger partial charge in [0.25, 0.3) is 0 Å². The summed E-state index contributed by atoms with van der Waals surface area (Å²) < 4.78 is 5.18. The first-order valence-electron chi connectivity index (χ1n) is 4.61. The number of hydrogen-bond acceptors (Lipinski definition) is 4. The smallest absolute Gasteiger partial charge is 0.338 e. The fourth-order valence-corrected chi connectivity index (χ4v) is 0.911. The molecule has 1 aromatic rings. The van der Waals surface area contributed by atoms with E-state index in [1.54, 1.807) is 12.1 Å². The van der Waals surface area contributed by atoms with Crippen LogP contribution in [-0.4, -0.2) is 11.6 Å². The summed E-state index contributed by atoms with van der Waals surface area (Å²) in [6.45, 7) is 5.56. The first-order chi connectivity index (χ1) is 6.99. The third-order valence-corrected chi connectivity index (χ3v) is 1.41. The lowest BCUT2D eigenvalue weighted by Gasteiger charge is -2.19. The van der Waals surface area contributed by atoms with Crippen molar-refractivity contribution < 1.29 is 9.53 Å². The molecule has 4 N–H and O–H groups in total. The van der Waals surface area contributed by atoms with Crippen LogP contribution in [0.5, 0.6) is 0 Å². The Hall–Kier alpha value is -1.39. The lowest BCUT2D eigenvalue weighted by molar-refractivity contribution is 0.00696. The van der Waals surface area contributed by atoms with Crippen molar-refractivity contribution in [2.45, 2.75) is 26.4 Å². The zero-order valence-corrected chi connectivity index (χ0v) is 9.36. The summed E-state index contributed by atoms with van der Waals surface area (Å²) in [5.41, 5.74) is 0.171. The first kappa shape index (κ1) is 13.6. The lowest BCUT2D eigenvalue weighted by Crippen LogP contribution is -2.23. The zero-order chi connectivity index (χ0) is 11.9. The normalized spacial score (nSPS) is 9.93. The van der Waals surface area contributed by atoms with E-state index in [2.05, 4.69) is 11.7 Å². The van der Waals surface area contributed by atoms with Crippen LogP contribution < -0.4 is 11.7 Å². The van der Waals surface area contributed by atoms with Crippen LogP contribution in [0.3, 0.4) is 0 Å². The molecule has 0 radical (unpaired) electrons. The number of carbonyl (C=O) groups is 1. The minimum absolute atomic E-state index is 0.270. The molecule has 1 aromatic carbocycles. The molecule has 0 fully saturated rings. The Balaban J connectivity index is 0.000000921. The highest BCUT2D eigenvalue weighted by Crippen LogP contribution is 2.11. The monoisotopic (exact) mass is 210 g/mol. The molecule has 0 saturated carbocycles. The molecule has 0 atom stereocenters. The van der Waals surface area contributed by atoms with Crippen LogP contribution in [0.25, 0.3) is 0 Å². The van der Waals surface area contributed by atoms with Gasteiger partial charge in [-0.25, -0.2) is 4.79 Å². The molecule has 0 heterocycles. The average molecular weight is 210 g/mol. The maximum atomic E-state index is 11.4. The van der Waals surface area contributed by atoms with E-state index in [1.165, 1.54) is 0 Å². The second-order valence-electron chi connectivity index (χ2n) is 3.87. The molecule has 0 aliphatic carbocycles. The summed E-state index contributed by atoms with van der Waals surface area (Å²) in [5, 5.41) is 0. The van der Waals surface area contributed by atoms with Gasteiger partial charge in [-0.1, -0.05) is 18.2 Å². The van der Waals surface area contributed by atoms with E-state index in [4.69, 9.17) is 4.74 Å². The highest BCUT2D eigenvalue weighted by Gasteiger charge is 2.16. The van der Waals surface area contributed by atoms with Gasteiger partial charge in [0, 0.05) is 0 Å². The van der Waals surface area contributed by atoms with E-state index < -0.39 is 5.60 Å². The Morgan fingerprint density at radius 3 is 2.00 bits per heavy atom. The van der Waals surface area contributed by atoms with Crippen LogP contribution >= 0.6 is 0 Å². The van der Waals surface area contributed by atoms with Crippen molar-refractivity contribution in [3.05, 3.63) is 35.9 Å². The van der Waals surface area contributed by atoms with Crippen molar-refractivity contribution in [2.75, 3.05) is 0 Å². The standard InChI is InChI=1S/C11H14O2.H4N2/c1-11(2,3)13-10(12)9-7-5-4-6-8-9;1-2/h4-8H,1-3H3;1-2H2. The number of benzene rings is 1. The molecule has 0 aliphatic heterocycles. The Morgan fingerprint density at radius 2 is 1.60 bits per heavy atom. The predicted molar refractivity (Wildman–Crippen MR) is 60.0 cm³/mol. The second kappa shape index (κ2) is 6.16. The number of nitrogens with two attached hydrogens (primary N) is 2. The topological polar surface area (TPSA) is 78.3 Å². The van der Waals surface area contributed by atoms with E-state index in [1.807, 2.05) is 39.0 Å². The summed E-state index contributed by atoms with van der Waals surface area (Å²) in [5.74, 6) is 7.73. The molecule has 84 valence electrons. The van der Waals surface area contributed by atoms with Crippen LogP contribution in [-0.2, 0) is 4.74 Å². The first-order valence-corrected chi connectivity index (χ1v) is 4.61. The van der Waals surface area contributed by atoms with Gasteiger partial charge < -0.3 is 4.74 Å². The maximum absolute atomic E-state index is 11.4. The summed E-state index contributed by atoms with van der Waals surface area (Å²) >= 11 is 0. The minimum Gasteiger partial charge on any atom is -0.456 e. The number of ether oxygens (including phenoxy) is 1. The molecule has 0 amide bonds. The third kappa shape index (κ3) is 5.83. The quantitative estimate of drug-likeness (QED) is 0.418. The Labute approximate surface area is 90.2 Å². The number of rotatable bonds is 1. The number of esters is 1. The van der Waals surface area contributed by atoms with Gasteiger partial charge >= 0.3 is 5.97 Å². The summed E-state index contributed by atoms with van der Waals surface area (Å²) in [6, 6.07) is 8.99. The molecule has 0 aromatic heterocycles. The molecule has 0 bridgehead atoms. The van der Waals surface area contributed by atoms with Gasteiger partial charge in [0.2, 0.25) is 0 Å². The maximum Gasteiger partial charge on any atom is 0.338 e. The number of hydrazine groups is 1. The van der Waals surface area contributed by atoms with Crippen molar-refractivity contribution in [3.63, 3.8) is 0 Å². The molecule has 0 spiro atoms. The number of hydrogen-bond donors (Lipinski definition) is 2. The van der Waals surface area contributed by atoms with Gasteiger partial charge in [-0.15, -0.1) is 0 Å². The molecule has 4 nitrogen and oxygen atoms in total. The van der Waals surface area contributed by atoms with Gasteiger partial charge in [0.15, 0.2) is 0 Å². The molecule has 0 saturated heterocycles. The van der Waals surface area contributed by atoms with Gasteiger partial charge in [-0.3, -0.25) is 11.7 Å². The van der Waals surface area contributed by atoms with Crippen molar-refractivity contribution in [2.24, 2.45) is 11.7 Å². The van der Waals surface area contributed by atoms with Crippen LogP contribution in [0.4, 0.5) is 0 Å². The molecule has 1 rings (SSSR count). The van der Waals surface area contributed by atoms with E-state index in [9.17, 15) is 4.79 Å². The van der Waals surface area contributed by atoms with Crippen molar-refractivity contribution in [3.8, 4) is 0 Å². The molecule has 15 heavy (non-hydrogen) atoms. The van der Waals surface area contributed by atoms with Gasteiger partial charge in [0.05, 0.1) is 5.56 Å². The van der Waals surface area contributed by atoms with Crippen LogP contribution in [0, 0.1) is 0 Å². The van der Waals surface area contributed by atoms with Crippen LogP contribution in [0.1, 0.15) is 31.1 Å². The van der Waals surface area contributed by atoms with E-state index >= 15 is 0 Å². The van der Waals surface area contributed by atoms with Crippen LogP contribution in [0.2, 0.25) is 0 Å². The van der Waals surface area contributed by atoms with Crippen molar-refractivity contribution >= 4 is 5.97 Å². The van der Waals surface area contributed by atoms with Crippen LogP contribution in [0.15, 0.2) is 30.3 Å². The second-order valence-corrected chi connectivity index (χ2v) is 3.87. The van der Waals surface area contributed by atoms with Crippen molar-refractivity contribution in [1.29, 1.82) is 0 Å². The van der Waals surface area contributed by atoms with E-state index in [-0.39, 0.29) is 5.97 Å². The lowest BCUT2D eigenvalue weighted by atomic mass is 10.2. The van der Waals surface area contributed by atoms with Gasteiger partial charge in [-0.2, -0.15) is 0 Å². The SMILES string of the molecule is CC(C)(C)OC(=O)c1ccccc1.NN. The third-order valence-electron chi connectivity index (χ3n) is 1.41. The average Bonchev–Trinajstić information content (AvgIpc) is 2.20. The molecular formula is C11H18N2O2. The largest absolute Gasteiger partial charge is 0.456 e. The van der Waals surface area contributed by atoms with E-state index in [0.29, 0.717) is 5.56 Å². The highest BCUT2D eigenvalue weighted by atomic mass is 16.6. The van der Waals surface area contributed by atoms with Gasteiger partial charge in [-0.05, 0) is 32.9 Å².